The molecule has 4 nitrogen and oxygen atoms in total. The molecule has 0 aliphatic carbocycles. The van der Waals surface area contributed by atoms with Gasteiger partial charge in [-0.2, -0.15) is 0 Å². The van der Waals surface area contributed by atoms with Crippen molar-refractivity contribution in [2.24, 2.45) is 5.73 Å². The molecule has 100 valence electrons. The quantitative estimate of drug-likeness (QED) is 0.911. The fourth-order valence-electron chi connectivity index (χ4n) is 2.84. The van der Waals surface area contributed by atoms with Gasteiger partial charge in [0.15, 0.2) is 0 Å². The SMILES string of the molecule is COc1ccccc1-c1nc(CCN)n2c1CCC2. The first kappa shape index (κ1) is 12.2. The van der Waals surface area contributed by atoms with Crippen molar-refractivity contribution >= 4 is 0 Å². The zero-order chi connectivity index (χ0) is 13.2. The van der Waals surface area contributed by atoms with E-state index in [2.05, 4.69) is 10.6 Å². The minimum Gasteiger partial charge on any atom is -0.496 e. The van der Waals surface area contributed by atoms with E-state index in [9.17, 15) is 0 Å². The van der Waals surface area contributed by atoms with E-state index in [1.54, 1.807) is 7.11 Å². The number of nitrogens with zero attached hydrogens (tertiary/aromatic N) is 2. The highest BCUT2D eigenvalue weighted by atomic mass is 16.5. The van der Waals surface area contributed by atoms with Gasteiger partial charge in [0.2, 0.25) is 0 Å². The Kier molecular flexibility index (Phi) is 3.25. The highest BCUT2D eigenvalue weighted by molar-refractivity contribution is 5.70. The van der Waals surface area contributed by atoms with Gasteiger partial charge in [-0.15, -0.1) is 0 Å². The first-order valence-corrected chi connectivity index (χ1v) is 6.77. The van der Waals surface area contributed by atoms with E-state index in [-0.39, 0.29) is 0 Å². The Morgan fingerprint density at radius 3 is 3.00 bits per heavy atom. The number of ether oxygens (including phenoxy) is 1. The predicted octanol–water partition coefficient (Wildman–Crippen LogP) is 2.01. The molecule has 1 aliphatic rings. The van der Waals surface area contributed by atoms with E-state index in [1.165, 1.54) is 12.1 Å². The Hall–Kier alpha value is -1.81. The molecule has 0 saturated carbocycles. The van der Waals surface area contributed by atoms with Crippen LogP contribution in [0.5, 0.6) is 5.75 Å². The summed E-state index contributed by atoms with van der Waals surface area (Å²) in [7, 11) is 1.70. The van der Waals surface area contributed by atoms with Gasteiger partial charge >= 0.3 is 0 Å². The summed E-state index contributed by atoms with van der Waals surface area (Å²) >= 11 is 0. The van der Waals surface area contributed by atoms with Crippen LogP contribution in [0.1, 0.15) is 17.9 Å². The lowest BCUT2D eigenvalue weighted by molar-refractivity contribution is 0.416. The third-order valence-electron chi connectivity index (χ3n) is 3.68. The number of benzene rings is 1. The van der Waals surface area contributed by atoms with Crippen molar-refractivity contribution in [1.29, 1.82) is 0 Å². The molecule has 0 fully saturated rings. The molecule has 1 aromatic heterocycles. The second-order valence-electron chi connectivity index (χ2n) is 4.82. The van der Waals surface area contributed by atoms with Crippen molar-refractivity contribution in [3.8, 4) is 17.0 Å². The van der Waals surface area contributed by atoms with E-state index in [4.69, 9.17) is 15.5 Å². The number of nitrogens with two attached hydrogens (primary N) is 1. The molecule has 0 unspecified atom stereocenters. The Morgan fingerprint density at radius 1 is 1.37 bits per heavy atom. The lowest BCUT2D eigenvalue weighted by Crippen LogP contribution is -2.08. The summed E-state index contributed by atoms with van der Waals surface area (Å²) in [5.74, 6) is 1.99. The minimum absolute atomic E-state index is 0.641. The maximum atomic E-state index is 5.68. The van der Waals surface area contributed by atoms with Crippen LogP contribution < -0.4 is 10.5 Å². The Morgan fingerprint density at radius 2 is 2.21 bits per heavy atom. The number of methoxy groups -OCH3 is 1. The molecule has 0 bridgehead atoms. The van der Waals surface area contributed by atoms with Crippen molar-refractivity contribution in [1.82, 2.24) is 9.55 Å². The molecule has 4 heteroatoms. The molecule has 19 heavy (non-hydrogen) atoms. The molecule has 2 heterocycles. The summed E-state index contributed by atoms with van der Waals surface area (Å²) < 4.78 is 7.78. The third-order valence-corrected chi connectivity index (χ3v) is 3.68. The van der Waals surface area contributed by atoms with Gasteiger partial charge in [0.25, 0.3) is 0 Å². The highest BCUT2D eigenvalue weighted by Crippen LogP contribution is 2.34. The number of rotatable bonds is 4. The van der Waals surface area contributed by atoms with Crippen molar-refractivity contribution in [2.75, 3.05) is 13.7 Å². The maximum absolute atomic E-state index is 5.68. The van der Waals surface area contributed by atoms with Gasteiger partial charge < -0.3 is 15.0 Å². The van der Waals surface area contributed by atoms with E-state index >= 15 is 0 Å². The molecule has 1 aliphatic heterocycles. The van der Waals surface area contributed by atoms with Crippen LogP contribution in [0.2, 0.25) is 0 Å². The van der Waals surface area contributed by atoms with Crippen molar-refractivity contribution in [3.05, 3.63) is 35.8 Å². The Balaban J connectivity index is 2.12. The smallest absolute Gasteiger partial charge is 0.128 e. The average Bonchev–Trinajstić information content (AvgIpc) is 3.03. The zero-order valence-corrected chi connectivity index (χ0v) is 11.2. The minimum atomic E-state index is 0.641. The van der Waals surface area contributed by atoms with Crippen LogP contribution in [0, 0.1) is 0 Å². The lowest BCUT2D eigenvalue weighted by atomic mass is 10.1. The number of para-hydroxylation sites is 1. The van der Waals surface area contributed by atoms with Gasteiger partial charge in [-0.05, 0) is 31.5 Å². The first-order chi connectivity index (χ1) is 9.35. The summed E-state index contributed by atoms with van der Waals surface area (Å²) in [5, 5.41) is 0. The lowest BCUT2D eigenvalue weighted by Gasteiger charge is -2.06. The topological polar surface area (TPSA) is 53.1 Å². The molecule has 0 radical (unpaired) electrons. The van der Waals surface area contributed by atoms with Crippen molar-refractivity contribution < 1.29 is 4.74 Å². The summed E-state index contributed by atoms with van der Waals surface area (Å²) in [5.41, 5.74) is 9.16. The summed E-state index contributed by atoms with van der Waals surface area (Å²) in [6.45, 7) is 1.70. The largest absolute Gasteiger partial charge is 0.496 e. The third kappa shape index (κ3) is 2.02. The van der Waals surface area contributed by atoms with Gasteiger partial charge in [0.1, 0.15) is 11.6 Å². The number of imidazole rings is 1. The maximum Gasteiger partial charge on any atom is 0.128 e. The summed E-state index contributed by atoms with van der Waals surface area (Å²) in [6.07, 6.45) is 3.12. The molecule has 0 saturated heterocycles. The monoisotopic (exact) mass is 257 g/mol. The molecule has 2 N–H and O–H groups in total. The van der Waals surface area contributed by atoms with Crippen LogP contribution in [-0.4, -0.2) is 23.2 Å². The number of hydrogen-bond acceptors (Lipinski definition) is 3. The second-order valence-corrected chi connectivity index (χ2v) is 4.82. The number of aromatic nitrogens is 2. The Labute approximate surface area is 113 Å². The second kappa shape index (κ2) is 5.05. The molecule has 2 aromatic rings. The molecular formula is C15H19N3O. The van der Waals surface area contributed by atoms with E-state index in [1.807, 2.05) is 18.2 Å². The molecule has 3 rings (SSSR count). The van der Waals surface area contributed by atoms with Crippen LogP contribution >= 0.6 is 0 Å². The van der Waals surface area contributed by atoms with Gasteiger partial charge in [-0.25, -0.2) is 4.98 Å². The number of hydrogen-bond donors (Lipinski definition) is 1. The Bertz CT molecular complexity index is 589. The molecule has 0 spiro atoms. The van der Waals surface area contributed by atoms with E-state index in [0.717, 1.165) is 42.2 Å². The average molecular weight is 257 g/mol. The fourth-order valence-corrected chi connectivity index (χ4v) is 2.84. The van der Waals surface area contributed by atoms with Crippen LogP contribution in [0.15, 0.2) is 24.3 Å². The summed E-state index contributed by atoms with van der Waals surface area (Å²) in [6, 6.07) is 8.08. The normalized spacial score (nSPS) is 13.6. The van der Waals surface area contributed by atoms with Gasteiger partial charge in [0, 0.05) is 24.2 Å². The van der Waals surface area contributed by atoms with Crippen LogP contribution in [0.4, 0.5) is 0 Å². The first-order valence-electron chi connectivity index (χ1n) is 6.77. The van der Waals surface area contributed by atoms with Gasteiger partial charge in [0.05, 0.1) is 12.8 Å². The van der Waals surface area contributed by atoms with Crippen molar-refractivity contribution in [3.63, 3.8) is 0 Å². The van der Waals surface area contributed by atoms with Gasteiger partial charge in [-0.1, -0.05) is 12.1 Å². The molecular weight excluding hydrogens is 238 g/mol. The van der Waals surface area contributed by atoms with Crippen LogP contribution in [-0.2, 0) is 19.4 Å². The zero-order valence-electron chi connectivity index (χ0n) is 11.2. The number of fused-ring (bicyclic) bond motifs is 1. The fraction of sp³-hybridized carbons (Fsp3) is 0.400. The van der Waals surface area contributed by atoms with E-state index in [0.29, 0.717) is 6.54 Å². The standard InChI is InChI=1S/C15H19N3O/c1-19-13-7-3-2-5-11(13)15-12-6-4-10-18(12)14(17-15)8-9-16/h2-3,5,7H,4,6,8-10,16H2,1H3. The van der Waals surface area contributed by atoms with Gasteiger partial charge in [-0.3, -0.25) is 0 Å². The molecule has 0 amide bonds. The molecule has 1 aromatic carbocycles. The molecule has 0 atom stereocenters. The highest BCUT2D eigenvalue weighted by Gasteiger charge is 2.23. The van der Waals surface area contributed by atoms with Crippen LogP contribution in [0.3, 0.4) is 0 Å². The summed E-state index contributed by atoms with van der Waals surface area (Å²) in [4.78, 5) is 4.80. The van der Waals surface area contributed by atoms with Crippen molar-refractivity contribution in [2.45, 2.75) is 25.8 Å². The van der Waals surface area contributed by atoms with Crippen LogP contribution in [0.25, 0.3) is 11.3 Å². The predicted molar refractivity (Wildman–Crippen MR) is 75.3 cm³/mol. The van der Waals surface area contributed by atoms with E-state index < -0.39 is 0 Å².